The van der Waals surface area contributed by atoms with E-state index in [1.54, 1.807) is 13.8 Å². The molecule has 0 aliphatic rings. The molecule has 130 valence electrons. The highest BCUT2D eigenvalue weighted by atomic mass is 31.2. The second-order valence-corrected chi connectivity index (χ2v) is 6.61. The van der Waals surface area contributed by atoms with Crippen LogP contribution in [-0.2, 0) is 18.4 Å². The molecule has 1 atom stereocenters. The number of hydrogen-bond donors (Lipinski definition) is 4. The summed E-state index contributed by atoms with van der Waals surface area (Å²) in [4.78, 5) is 15.7. The minimum absolute atomic E-state index is 0.0460. The smallest absolute Gasteiger partial charge is 0.349 e. The number of hydrogen-bond acceptors (Lipinski definition) is 6. The van der Waals surface area contributed by atoms with Gasteiger partial charge in [0.05, 0.1) is 19.3 Å². The van der Waals surface area contributed by atoms with Crippen LogP contribution in [0.1, 0.15) is 33.1 Å². The molecule has 0 aromatic heterocycles. The second-order valence-electron chi connectivity index (χ2n) is 4.55. The molecule has 7 N–H and O–H groups in total. The van der Waals surface area contributed by atoms with Gasteiger partial charge in [-0.15, -0.1) is 0 Å². The maximum Gasteiger partial charge on any atom is 0.349 e. The first-order chi connectivity index (χ1) is 10.3. The largest absolute Gasteiger partial charge is 0.370 e. The van der Waals surface area contributed by atoms with E-state index in [0.717, 1.165) is 6.42 Å². The maximum absolute atomic E-state index is 12.2. The molecule has 1 amide bonds. The molecule has 0 aromatic rings. The van der Waals surface area contributed by atoms with Crippen molar-refractivity contribution in [2.24, 2.45) is 22.2 Å². The van der Waals surface area contributed by atoms with Gasteiger partial charge in [0.1, 0.15) is 6.29 Å². The fourth-order valence-electron chi connectivity index (χ4n) is 1.64. The fraction of sp³-hybridized carbons (Fsp3) is 0.833. The highest BCUT2D eigenvalue weighted by molar-refractivity contribution is 7.53. The van der Waals surface area contributed by atoms with Crippen LogP contribution in [0.15, 0.2) is 4.99 Å². The van der Waals surface area contributed by atoms with Gasteiger partial charge in [-0.2, -0.15) is 0 Å². The lowest BCUT2D eigenvalue weighted by Gasteiger charge is -2.18. The van der Waals surface area contributed by atoms with Gasteiger partial charge >= 0.3 is 7.60 Å². The van der Waals surface area contributed by atoms with Crippen LogP contribution in [0.25, 0.3) is 0 Å². The average Bonchev–Trinajstić information content (AvgIpc) is 2.44. The predicted molar refractivity (Wildman–Crippen MR) is 86.4 cm³/mol. The molecule has 0 bridgehead atoms. The molecule has 0 saturated heterocycles. The molecule has 22 heavy (non-hydrogen) atoms. The number of rotatable bonds is 12. The Bertz CT molecular complexity index is 391. The summed E-state index contributed by atoms with van der Waals surface area (Å²) in [6, 6.07) is -0.684. The molecule has 0 fully saturated rings. The Hall–Kier alpha value is -1.15. The number of nitrogens with one attached hydrogen (secondary N) is 1. The third-order valence-electron chi connectivity index (χ3n) is 2.65. The van der Waals surface area contributed by atoms with Gasteiger partial charge in [-0.3, -0.25) is 14.4 Å². The van der Waals surface area contributed by atoms with Crippen LogP contribution in [-0.4, -0.2) is 44.0 Å². The molecule has 0 radical (unpaired) electrons. The summed E-state index contributed by atoms with van der Waals surface area (Å²) in [5.74, 6) is -0.342. The van der Waals surface area contributed by atoms with Crippen LogP contribution >= 0.6 is 7.60 Å². The second kappa shape index (κ2) is 11.4. The van der Waals surface area contributed by atoms with Crippen molar-refractivity contribution in [3.63, 3.8) is 0 Å². The summed E-state index contributed by atoms with van der Waals surface area (Å²) in [5.41, 5.74) is 16.2. The van der Waals surface area contributed by atoms with Crippen molar-refractivity contribution >= 4 is 19.5 Å². The minimum Gasteiger partial charge on any atom is -0.370 e. The van der Waals surface area contributed by atoms with Crippen LogP contribution in [0, 0.1) is 0 Å². The third-order valence-corrected chi connectivity index (χ3v) is 4.50. The standard InChI is InChI=1S/C12H28N5O4P/c1-3-20-22(19,21-4-2)9-17-11(18)10(13)7-5-6-8-16-12(14)15/h10H,3-9,13H2,1-2H3,(H,17,18)(H4,14,15,16)/t10-/m0/s1. The van der Waals surface area contributed by atoms with Crippen LogP contribution in [0.3, 0.4) is 0 Å². The van der Waals surface area contributed by atoms with E-state index >= 15 is 0 Å². The van der Waals surface area contributed by atoms with E-state index in [4.69, 9.17) is 26.2 Å². The molecule has 9 nitrogen and oxygen atoms in total. The zero-order chi connectivity index (χ0) is 17.0. The van der Waals surface area contributed by atoms with Gasteiger partial charge in [-0.25, -0.2) is 0 Å². The van der Waals surface area contributed by atoms with Crippen LogP contribution in [0.4, 0.5) is 0 Å². The summed E-state index contributed by atoms with van der Waals surface area (Å²) in [7, 11) is -3.29. The van der Waals surface area contributed by atoms with E-state index in [2.05, 4.69) is 10.3 Å². The van der Waals surface area contributed by atoms with E-state index in [0.29, 0.717) is 19.4 Å². The average molecular weight is 337 g/mol. The lowest BCUT2D eigenvalue weighted by molar-refractivity contribution is -0.122. The zero-order valence-corrected chi connectivity index (χ0v) is 14.2. The zero-order valence-electron chi connectivity index (χ0n) is 13.3. The number of carbonyl (C=O) groups is 1. The molecule has 0 unspecified atom stereocenters. The van der Waals surface area contributed by atoms with Gasteiger partial charge in [-0.05, 0) is 33.1 Å². The molecular formula is C12H28N5O4P. The molecule has 0 aromatic carbocycles. The Morgan fingerprint density at radius 2 is 1.82 bits per heavy atom. The molecule has 0 heterocycles. The van der Waals surface area contributed by atoms with Crippen molar-refractivity contribution in [1.82, 2.24) is 5.32 Å². The number of guanidine groups is 1. The SMILES string of the molecule is CCOP(=O)(CNC(=O)[C@@H](N)CCCCN=C(N)N)OCC. The number of aliphatic imine (C=N–C) groups is 1. The minimum atomic E-state index is -3.29. The topological polar surface area (TPSA) is 155 Å². The van der Waals surface area contributed by atoms with Crippen LogP contribution in [0.2, 0.25) is 0 Å². The van der Waals surface area contributed by atoms with Crippen molar-refractivity contribution in [1.29, 1.82) is 0 Å². The summed E-state index contributed by atoms with van der Waals surface area (Å²) in [5, 5.41) is 2.51. The van der Waals surface area contributed by atoms with Crippen molar-refractivity contribution in [3.05, 3.63) is 0 Å². The molecule has 0 saturated carbocycles. The van der Waals surface area contributed by atoms with Crippen LogP contribution in [0.5, 0.6) is 0 Å². The Morgan fingerprint density at radius 3 is 2.32 bits per heavy atom. The summed E-state index contributed by atoms with van der Waals surface area (Å²) < 4.78 is 22.3. The van der Waals surface area contributed by atoms with E-state index in [9.17, 15) is 9.36 Å². The van der Waals surface area contributed by atoms with Gasteiger partial charge in [0.25, 0.3) is 0 Å². The van der Waals surface area contributed by atoms with Crippen molar-refractivity contribution in [3.8, 4) is 0 Å². The van der Waals surface area contributed by atoms with Gasteiger partial charge in [-0.1, -0.05) is 0 Å². The molecule has 0 aliphatic heterocycles. The van der Waals surface area contributed by atoms with E-state index in [-0.39, 0.29) is 31.4 Å². The number of unbranched alkanes of at least 4 members (excludes halogenated alkanes) is 1. The number of amides is 1. The number of nitrogens with zero attached hydrogens (tertiary/aromatic N) is 1. The summed E-state index contributed by atoms with van der Waals surface area (Å²) >= 11 is 0. The summed E-state index contributed by atoms with van der Waals surface area (Å²) in [6.07, 6.45) is 1.74. The first-order valence-corrected chi connectivity index (χ1v) is 9.04. The van der Waals surface area contributed by atoms with Crippen LogP contribution < -0.4 is 22.5 Å². The van der Waals surface area contributed by atoms with E-state index in [1.807, 2.05) is 0 Å². The Morgan fingerprint density at radius 1 is 1.23 bits per heavy atom. The molecule has 0 spiro atoms. The highest BCUT2D eigenvalue weighted by Crippen LogP contribution is 2.46. The predicted octanol–water partition coefficient (Wildman–Crippen LogP) is 0.0972. The highest BCUT2D eigenvalue weighted by Gasteiger charge is 2.25. The monoisotopic (exact) mass is 337 g/mol. The fourth-order valence-corrected chi connectivity index (χ4v) is 3.04. The van der Waals surface area contributed by atoms with E-state index in [1.165, 1.54) is 0 Å². The maximum atomic E-state index is 12.2. The first-order valence-electron chi connectivity index (χ1n) is 7.31. The van der Waals surface area contributed by atoms with Gasteiger partial charge in [0.2, 0.25) is 5.91 Å². The molecular weight excluding hydrogens is 309 g/mol. The van der Waals surface area contributed by atoms with E-state index < -0.39 is 13.6 Å². The Balaban J connectivity index is 4.08. The number of nitrogens with two attached hydrogens (primary N) is 3. The van der Waals surface area contributed by atoms with Gasteiger partial charge in [0.15, 0.2) is 5.96 Å². The van der Waals surface area contributed by atoms with Crippen molar-refractivity contribution in [2.75, 3.05) is 26.0 Å². The van der Waals surface area contributed by atoms with Gasteiger partial charge in [0, 0.05) is 6.54 Å². The van der Waals surface area contributed by atoms with Crippen molar-refractivity contribution < 1.29 is 18.4 Å². The number of carbonyl (C=O) groups excluding carboxylic acids is 1. The summed E-state index contributed by atoms with van der Waals surface area (Å²) in [6.45, 7) is 4.39. The molecule has 0 rings (SSSR count). The van der Waals surface area contributed by atoms with Crippen molar-refractivity contribution in [2.45, 2.75) is 39.2 Å². The normalized spacial score (nSPS) is 12.7. The Kier molecular flexibility index (Phi) is 10.8. The lowest BCUT2D eigenvalue weighted by Crippen LogP contribution is -2.41. The first kappa shape index (κ1) is 20.9. The molecule has 10 heteroatoms. The molecule has 0 aliphatic carbocycles. The third kappa shape index (κ3) is 9.73. The Labute approximate surface area is 131 Å². The van der Waals surface area contributed by atoms with Gasteiger partial charge < -0.3 is 31.6 Å². The lowest BCUT2D eigenvalue weighted by atomic mass is 10.1. The quantitative estimate of drug-likeness (QED) is 0.170.